The monoisotopic (exact) mass is 374 g/mol. The Bertz CT molecular complexity index is 484. The van der Waals surface area contributed by atoms with Crippen LogP contribution in [0.2, 0.25) is 5.02 Å². The van der Waals surface area contributed by atoms with Gasteiger partial charge >= 0.3 is 0 Å². The fourth-order valence-electron chi connectivity index (χ4n) is 3.02. The molecule has 1 aromatic carbocycles. The van der Waals surface area contributed by atoms with Gasteiger partial charge in [-0.2, -0.15) is 0 Å². The lowest BCUT2D eigenvalue weighted by Crippen LogP contribution is -2.41. The number of anilines is 1. The highest BCUT2D eigenvalue weighted by Gasteiger charge is 2.24. The van der Waals surface area contributed by atoms with Crippen LogP contribution in [-0.4, -0.2) is 37.7 Å². The van der Waals surface area contributed by atoms with Crippen LogP contribution in [0.5, 0.6) is 5.75 Å². The van der Waals surface area contributed by atoms with Gasteiger partial charge in [-0.25, -0.2) is 0 Å². The first-order valence-electron chi connectivity index (χ1n) is 7.57. The van der Waals surface area contributed by atoms with Gasteiger partial charge in [-0.3, -0.25) is 0 Å². The van der Waals surface area contributed by atoms with E-state index >= 15 is 0 Å². The molecule has 1 saturated heterocycles. The van der Waals surface area contributed by atoms with Crippen molar-refractivity contribution in [2.45, 2.75) is 32.7 Å². The third kappa shape index (κ3) is 4.27. The van der Waals surface area contributed by atoms with Crippen LogP contribution in [0.15, 0.2) is 16.6 Å². The van der Waals surface area contributed by atoms with Crippen molar-refractivity contribution in [3.63, 3.8) is 0 Å². The molecule has 2 atom stereocenters. The Balaban J connectivity index is 2.10. The largest absolute Gasteiger partial charge is 0.493 e. The number of methoxy groups -OCH3 is 1. The quantitative estimate of drug-likeness (QED) is 0.811. The van der Waals surface area contributed by atoms with Gasteiger partial charge in [0.2, 0.25) is 0 Å². The van der Waals surface area contributed by atoms with Gasteiger partial charge < -0.3 is 15.0 Å². The van der Waals surface area contributed by atoms with Gasteiger partial charge in [-0.1, -0.05) is 18.5 Å². The summed E-state index contributed by atoms with van der Waals surface area (Å²) in [6.07, 6.45) is 2.55. The number of nitrogens with one attached hydrogen (secondary N) is 1. The van der Waals surface area contributed by atoms with Crippen LogP contribution in [-0.2, 0) is 0 Å². The van der Waals surface area contributed by atoms with E-state index in [0.717, 1.165) is 29.0 Å². The predicted octanol–water partition coefficient (Wildman–Crippen LogP) is 4.64. The highest BCUT2D eigenvalue weighted by molar-refractivity contribution is 9.10. The molecule has 0 bridgehead atoms. The molecule has 21 heavy (non-hydrogen) atoms. The molecule has 1 fully saturated rings. The highest BCUT2D eigenvalue weighted by atomic mass is 79.9. The van der Waals surface area contributed by atoms with Gasteiger partial charge in [0, 0.05) is 17.6 Å². The Morgan fingerprint density at radius 2 is 2.29 bits per heavy atom. The number of likely N-dealkylation sites (tertiary alicyclic amines) is 1. The first-order valence-corrected chi connectivity index (χ1v) is 8.74. The summed E-state index contributed by atoms with van der Waals surface area (Å²) < 4.78 is 6.36. The molecule has 0 spiro atoms. The number of nitrogens with zero attached hydrogens (tertiary/aromatic N) is 1. The van der Waals surface area contributed by atoms with E-state index < -0.39 is 0 Å². The van der Waals surface area contributed by atoms with E-state index in [-0.39, 0.29) is 0 Å². The summed E-state index contributed by atoms with van der Waals surface area (Å²) in [4.78, 5) is 2.53. The van der Waals surface area contributed by atoms with Crippen LogP contribution in [0.25, 0.3) is 0 Å². The Hall–Kier alpha value is -0.450. The van der Waals surface area contributed by atoms with Gasteiger partial charge in [-0.05, 0) is 66.8 Å². The fourth-order valence-corrected chi connectivity index (χ4v) is 4.00. The second kappa shape index (κ2) is 7.70. The molecule has 0 aromatic heterocycles. The number of halogens is 2. The molecule has 0 amide bonds. The van der Waals surface area contributed by atoms with Crippen LogP contribution in [0.4, 0.5) is 5.69 Å². The summed E-state index contributed by atoms with van der Waals surface area (Å²) >= 11 is 9.67. The van der Waals surface area contributed by atoms with Crippen molar-refractivity contribution >= 4 is 33.2 Å². The van der Waals surface area contributed by atoms with Crippen molar-refractivity contribution < 1.29 is 4.74 Å². The SMILES string of the molecule is CCN1CCCC(C(C)Nc2cc(Cl)cc(Br)c2OC)C1. The summed E-state index contributed by atoms with van der Waals surface area (Å²) in [6, 6.07) is 4.18. The standard InChI is InChI=1S/C16H24BrClN2O/c1-4-20-7-5-6-12(10-20)11(2)19-15-9-13(18)8-14(17)16(15)21-3/h8-9,11-12,19H,4-7,10H2,1-3H3. The predicted molar refractivity (Wildman–Crippen MR) is 93.6 cm³/mol. The van der Waals surface area contributed by atoms with Crippen molar-refractivity contribution in [2.24, 2.45) is 5.92 Å². The summed E-state index contributed by atoms with van der Waals surface area (Å²) in [6.45, 7) is 8.01. The maximum absolute atomic E-state index is 6.16. The lowest BCUT2D eigenvalue weighted by atomic mass is 9.91. The Morgan fingerprint density at radius 1 is 1.52 bits per heavy atom. The van der Waals surface area contributed by atoms with Crippen molar-refractivity contribution in [1.82, 2.24) is 4.90 Å². The van der Waals surface area contributed by atoms with Crippen LogP contribution in [0.3, 0.4) is 0 Å². The zero-order chi connectivity index (χ0) is 15.4. The number of hydrogen-bond donors (Lipinski definition) is 1. The Kier molecular flexibility index (Phi) is 6.20. The fraction of sp³-hybridized carbons (Fsp3) is 0.625. The van der Waals surface area contributed by atoms with Crippen LogP contribution >= 0.6 is 27.5 Å². The van der Waals surface area contributed by atoms with Gasteiger partial charge in [0.1, 0.15) is 0 Å². The molecule has 5 heteroatoms. The minimum atomic E-state index is 0.388. The van der Waals surface area contributed by atoms with Gasteiger partial charge in [-0.15, -0.1) is 0 Å². The van der Waals surface area contributed by atoms with Gasteiger partial charge in [0.25, 0.3) is 0 Å². The second-order valence-corrected chi connectivity index (χ2v) is 6.99. The van der Waals surface area contributed by atoms with E-state index in [1.807, 2.05) is 12.1 Å². The Labute approximate surface area is 141 Å². The number of benzene rings is 1. The molecule has 2 unspecified atom stereocenters. The molecule has 0 radical (unpaired) electrons. The smallest absolute Gasteiger partial charge is 0.156 e. The number of rotatable bonds is 5. The van der Waals surface area contributed by atoms with E-state index in [2.05, 4.69) is 40.0 Å². The maximum Gasteiger partial charge on any atom is 0.156 e. The molecule has 2 rings (SSSR count). The summed E-state index contributed by atoms with van der Waals surface area (Å²) in [5.74, 6) is 1.47. The summed E-state index contributed by atoms with van der Waals surface area (Å²) in [5, 5.41) is 4.30. The lowest BCUT2D eigenvalue weighted by molar-refractivity contribution is 0.172. The normalized spacial score (nSPS) is 21.1. The van der Waals surface area contributed by atoms with E-state index in [4.69, 9.17) is 16.3 Å². The van der Waals surface area contributed by atoms with Crippen LogP contribution < -0.4 is 10.1 Å². The Morgan fingerprint density at radius 3 is 2.95 bits per heavy atom. The van der Waals surface area contributed by atoms with Crippen molar-refractivity contribution in [3.05, 3.63) is 21.6 Å². The number of ether oxygens (including phenoxy) is 1. The van der Waals surface area contributed by atoms with E-state index in [0.29, 0.717) is 17.0 Å². The van der Waals surface area contributed by atoms with E-state index in [1.165, 1.54) is 19.4 Å². The van der Waals surface area contributed by atoms with Crippen molar-refractivity contribution in [2.75, 3.05) is 32.1 Å². The summed E-state index contributed by atoms with van der Waals surface area (Å²) in [5.41, 5.74) is 0.956. The van der Waals surface area contributed by atoms with Crippen molar-refractivity contribution in [3.8, 4) is 5.75 Å². The van der Waals surface area contributed by atoms with Gasteiger partial charge in [0.15, 0.2) is 5.75 Å². The molecule has 1 N–H and O–H groups in total. The minimum Gasteiger partial charge on any atom is -0.493 e. The molecule has 0 saturated carbocycles. The third-order valence-electron chi connectivity index (χ3n) is 4.29. The molecular formula is C16H24BrClN2O. The van der Waals surface area contributed by atoms with E-state index in [9.17, 15) is 0 Å². The average molecular weight is 376 g/mol. The highest BCUT2D eigenvalue weighted by Crippen LogP contribution is 2.37. The molecule has 1 aliphatic rings. The van der Waals surface area contributed by atoms with Crippen LogP contribution in [0.1, 0.15) is 26.7 Å². The average Bonchev–Trinajstić information content (AvgIpc) is 2.47. The third-order valence-corrected chi connectivity index (χ3v) is 5.10. The molecule has 0 aliphatic carbocycles. The summed E-state index contributed by atoms with van der Waals surface area (Å²) in [7, 11) is 1.68. The molecule has 3 nitrogen and oxygen atoms in total. The molecule has 118 valence electrons. The second-order valence-electron chi connectivity index (χ2n) is 5.70. The zero-order valence-electron chi connectivity index (χ0n) is 13.0. The molecular weight excluding hydrogens is 352 g/mol. The number of hydrogen-bond acceptors (Lipinski definition) is 3. The molecule has 1 heterocycles. The topological polar surface area (TPSA) is 24.5 Å². The molecule has 1 aromatic rings. The number of piperidine rings is 1. The first-order chi connectivity index (χ1) is 10.0. The van der Waals surface area contributed by atoms with Gasteiger partial charge in [0.05, 0.1) is 17.3 Å². The zero-order valence-corrected chi connectivity index (χ0v) is 15.3. The van der Waals surface area contributed by atoms with Crippen LogP contribution in [0, 0.1) is 5.92 Å². The van der Waals surface area contributed by atoms with E-state index in [1.54, 1.807) is 7.11 Å². The lowest BCUT2D eigenvalue weighted by Gasteiger charge is -2.36. The maximum atomic E-state index is 6.16. The molecule has 1 aliphatic heterocycles. The van der Waals surface area contributed by atoms with Crippen molar-refractivity contribution in [1.29, 1.82) is 0 Å². The first kappa shape index (κ1) is 16.9. The minimum absolute atomic E-state index is 0.388.